The fourth-order valence-electron chi connectivity index (χ4n) is 2.92. The van der Waals surface area contributed by atoms with E-state index in [0.717, 1.165) is 24.1 Å². The van der Waals surface area contributed by atoms with Crippen LogP contribution in [0.15, 0.2) is 4.42 Å². The Morgan fingerprint density at radius 2 is 1.84 bits per heavy atom. The Morgan fingerprint density at radius 1 is 1.21 bits per heavy atom. The zero-order valence-electron chi connectivity index (χ0n) is 12.4. The van der Waals surface area contributed by atoms with Crippen molar-refractivity contribution in [2.24, 2.45) is 11.3 Å². The molecule has 0 N–H and O–H groups in total. The zero-order valence-corrected chi connectivity index (χ0v) is 14.0. The van der Waals surface area contributed by atoms with Crippen LogP contribution < -0.4 is 0 Å². The monoisotopic (exact) mass is 328 g/mol. The summed E-state index contributed by atoms with van der Waals surface area (Å²) in [6.07, 6.45) is 5.89. The van der Waals surface area contributed by atoms with Crippen molar-refractivity contribution in [3.63, 3.8) is 0 Å². The largest absolute Gasteiger partial charge is 0.424 e. The minimum atomic E-state index is 0.194. The van der Waals surface area contributed by atoms with Crippen LogP contribution in [0, 0.1) is 11.3 Å². The number of hydrogen-bond acceptors (Lipinski definition) is 3. The molecule has 4 heteroatoms. The first kappa shape index (κ1) is 15.0. The quantitative estimate of drug-likeness (QED) is 0.712. The van der Waals surface area contributed by atoms with E-state index in [0.29, 0.717) is 11.3 Å². The Bertz CT molecular complexity index is 403. The van der Waals surface area contributed by atoms with Crippen LogP contribution in [0.1, 0.15) is 82.3 Å². The van der Waals surface area contributed by atoms with Gasteiger partial charge in [0.05, 0.1) is 4.83 Å². The summed E-state index contributed by atoms with van der Waals surface area (Å²) in [5.41, 5.74) is 0.425. The molecule has 1 atom stereocenters. The molecule has 108 valence electrons. The summed E-state index contributed by atoms with van der Waals surface area (Å²) in [7, 11) is 0. The molecule has 1 fully saturated rings. The van der Waals surface area contributed by atoms with E-state index < -0.39 is 0 Å². The predicted molar refractivity (Wildman–Crippen MR) is 80.4 cm³/mol. The lowest BCUT2D eigenvalue weighted by atomic mass is 9.70. The van der Waals surface area contributed by atoms with E-state index in [4.69, 9.17) is 4.42 Å². The summed E-state index contributed by atoms with van der Waals surface area (Å²) in [6, 6.07) is 0. The van der Waals surface area contributed by atoms with E-state index in [9.17, 15) is 0 Å². The second-order valence-corrected chi connectivity index (χ2v) is 7.87. The van der Waals surface area contributed by atoms with Gasteiger partial charge in [-0.3, -0.25) is 0 Å². The molecule has 1 heterocycles. The minimum absolute atomic E-state index is 0.194. The number of nitrogens with zero attached hydrogens (tertiary/aromatic N) is 2. The van der Waals surface area contributed by atoms with Crippen LogP contribution in [0.4, 0.5) is 0 Å². The lowest BCUT2D eigenvalue weighted by Gasteiger charge is -2.36. The highest BCUT2D eigenvalue weighted by molar-refractivity contribution is 9.09. The number of alkyl halides is 1. The number of halogens is 1. The summed E-state index contributed by atoms with van der Waals surface area (Å²) < 4.78 is 5.83. The van der Waals surface area contributed by atoms with Gasteiger partial charge in [0.2, 0.25) is 11.8 Å². The van der Waals surface area contributed by atoms with E-state index in [-0.39, 0.29) is 4.83 Å². The van der Waals surface area contributed by atoms with Gasteiger partial charge < -0.3 is 4.42 Å². The molecule has 19 heavy (non-hydrogen) atoms. The highest BCUT2D eigenvalue weighted by atomic mass is 79.9. The summed E-state index contributed by atoms with van der Waals surface area (Å²) in [5.74, 6) is 2.87. The van der Waals surface area contributed by atoms with Crippen LogP contribution in [0.2, 0.25) is 0 Å². The number of aromatic nitrogens is 2. The van der Waals surface area contributed by atoms with Crippen molar-refractivity contribution < 1.29 is 4.42 Å². The van der Waals surface area contributed by atoms with Crippen LogP contribution in [-0.2, 0) is 0 Å². The molecule has 1 aliphatic rings. The lowest BCUT2D eigenvalue weighted by molar-refractivity contribution is 0.161. The van der Waals surface area contributed by atoms with Crippen LogP contribution in [0.25, 0.3) is 0 Å². The van der Waals surface area contributed by atoms with Gasteiger partial charge in [-0.15, -0.1) is 10.2 Å². The summed E-state index contributed by atoms with van der Waals surface area (Å²) in [5, 5.41) is 8.42. The Labute approximate surface area is 124 Å². The summed E-state index contributed by atoms with van der Waals surface area (Å²) >= 11 is 3.56. The molecular formula is C15H25BrN2O. The third kappa shape index (κ3) is 3.59. The molecule has 3 nitrogen and oxygen atoms in total. The third-order valence-electron chi connectivity index (χ3n) is 4.38. The number of hydrogen-bond donors (Lipinski definition) is 0. The van der Waals surface area contributed by atoms with E-state index in [2.05, 4.69) is 53.8 Å². The second-order valence-electron chi connectivity index (χ2n) is 6.77. The predicted octanol–water partition coefficient (Wildman–Crippen LogP) is 5.24. The smallest absolute Gasteiger partial charge is 0.230 e. The summed E-state index contributed by atoms with van der Waals surface area (Å²) in [4.78, 5) is 0.194. The molecule has 0 saturated heterocycles. The van der Waals surface area contributed by atoms with E-state index in [1.807, 2.05) is 0 Å². The van der Waals surface area contributed by atoms with Crippen molar-refractivity contribution in [3.05, 3.63) is 11.8 Å². The van der Waals surface area contributed by atoms with Gasteiger partial charge in [-0.1, -0.05) is 43.6 Å². The highest BCUT2D eigenvalue weighted by Crippen LogP contribution is 2.43. The van der Waals surface area contributed by atoms with Crippen molar-refractivity contribution in [1.82, 2.24) is 10.2 Å². The Balaban J connectivity index is 1.96. The maximum atomic E-state index is 5.83. The fourth-order valence-corrected chi connectivity index (χ4v) is 3.10. The summed E-state index contributed by atoms with van der Waals surface area (Å²) in [6.45, 7) is 9.15. The molecule has 1 unspecified atom stereocenters. The molecule has 1 saturated carbocycles. The average molecular weight is 329 g/mol. The van der Waals surface area contributed by atoms with E-state index in [1.54, 1.807) is 0 Å². The van der Waals surface area contributed by atoms with Gasteiger partial charge in [-0.25, -0.2) is 0 Å². The van der Waals surface area contributed by atoms with Crippen LogP contribution >= 0.6 is 15.9 Å². The minimum Gasteiger partial charge on any atom is -0.424 e. The van der Waals surface area contributed by atoms with Gasteiger partial charge in [-0.2, -0.15) is 0 Å². The fraction of sp³-hybridized carbons (Fsp3) is 0.867. The molecule has 0 bridgehead atoms. The van der Waals surface area contributed by atoms with E-state index >= 15 is 0 Å². The molecule has 2 rings (SSSR count). The van der Waals surface area contributed by atoms with Gasteiger partial charge in [0.15, 0.2) is 0 Å². The molecule has 1 aromatic heterocycles. The zero-order chi connectivity index (χ0) is 14.0. The molecule has 1 aromatic rings. The molecule has 0 spiro atoms. The van der Waals surface area contributed by atoms with Gasteiger partial charge in [0.25, 0.3) is 0 Å². The molecule has 1 aliphatic carbocycles. The first-order chi connectivity index (χ1) is 8.91. The van der Waals surface area contributed by atoms with Crippen LogP contribution in [0.5, 0.6) is 0 Å². The van der Waals surface area contributed by atoms with Crippen molar-refractivity contribution in [1.29, 1.82) is 0 Å². The van der Waals surface area contributed by atoms with Crippen LogP contribution in [0.3, 0.4) is 0 Å². The van der Waals surface area contributed by atoms with Crippen LogP contribution in [-0.4, -0.2) is 10.2 Å². The first-order valence-corrected chi connectivity index (χ1v) is 8.30. The number of rotatable bonds is 3. The molecule has 0 amide bonds. The SMILES string of the molecule is CCC(Br)c1nnc(C2CCC(C(C)(C)C)CC2)o1. The topological polar surface area (TPSA) is 38.9 Å². The van der Waals surface area contributed by atoms with Gasteiger partial charge >= 0.3 is 0 Å². The van der Waals surface area contributed by atoms with Gasteiger partial charge in [-0.05, 0) is 43.4 Å². The Kier molecular flexibility index (Phi) is 4.70. The van der Waals surface area contributed by atoms with Crippen molar-refractivity contribution in [3.8, 4) is 0 Å². The normalized spacial score (nSPS) is 26.4. The average Bonchev–Trinajstić information content (AvgIpc) is 2.86. The molecule has 0 radical (unpaired) electrons. The standard InChI is InChI=1S/C15H25BrN2O/c1-5-12(16)14-18-17-13(19-14)10-6-8-11(9-7-10)15(2,3)4/h10-12H,5-9H2,1-4H3. The second kappa shape index (κ2) is 5.94. The maximum absolute atomic E-state index is 5.83. The van der Waals surface area contributed by atoms with E-state index in [1.165, 1.54) is 25.7 Å². The van der Waals surface area contributed by atoms with Crippen molar-refractivity contribution in [2.45, 2.75) is 70.5 Å². The third-order valence-corrected chi connectivity index (χ3v) is 5.42. The van der Waals surface area contributed by atoms with Crippen molar-refractivity contribution in [2.75, 3.05) is 0 Å². The lowest BCUT2D eigenvalue weighted by Crippen LogP contribution is -2.25. The van der Waals surface area contributed by atoms with Gasteiger partial charge in [0, 0.05) is 5.92 Å². The van der Waals surface area contributed by atoms with Gasteiger partial charge in [0.1, 0.15) is 0 Å². The molecule has 0 aromatic carbocycles. The Hall–Kier alpha value is -0.380. The highest BCUT2D eigenvalue weighted by Gasteiger charge is 2.32. The first-order valence-electron chi connectivity index (χ1n) is 7.39. The Morgan fingerprint density at radius 3 is 2.37 bits per heavy atom. The maximum Gasteiger partial charge on any atom is 0.230 e. The molecular weight excluding hydrogens is 304 g/mol. The van der Waals surface area contributed by atoms with Crippen molar-refractivity contribution >= 4 is 15.9 Å². The molecule has 0 aliphatic heterocycles.